The van der Waals surface area contributed by atoms with E-state index in [1.54, 1.807) is 42.2 Å². The molecule has 336 valence electrons. The molecule has 0 aromatic heterocycles. The first-order valence-electron chi connectivity index (χ1n) is 22.0. The molecule has 2 saturated heterocycles. The molecule has 0 saturated carbocycles. The van der Waals surface area contributed by atoms with Gasteiger partial charge in [-0.25, -0.2) is 8.42 Å². The Kier molecular flexibility index (Phi) is 14.3. The Labute approximate surface area is 368 Å². The van der Waals surface area contributed by atoms with Gasteiger partial charge in [0, 0.05) is 31.2 Å². The lowest BCUT2D eigenvalue weighted by Crippen LogP contribution is -2.52. The molecular weight excluding hydrogens is 827 g/mol. The van der Waals surface area contributed by atoms with Crippen molar-refractivity contribution in [2.45, 2.75) is 102 Å². The summed E-state index contributed by atoms with van der Waals surface area (Å²) in [6.07, 6.45) is 9.81. The van der Waals surface area contributed by atoms with Gasteiger partial charge in [0.25, 0.3) is 17.7 Å². The molecule has 6 amide bonds. The maximum Gasteiger partial charge on any atom is 0.264 e. The first kappa shape index (κ1) is 45.4. The Bertz CT molecular complexity index is 2380. The molecule has 2 atom stereocenters. The zero-order valence-electron chi connectivity index (χ0n) is 36.3. The van der Waals surface area contributed by atoms with E-state index in [4.69, 9.17) is 9.47 Å². The smallest absolute Gasteiger partial charge is 0.264 e. The molecule has 0 bridgehead atoms. The molecule has 15 nitrogen and oxygen atoms in total. The van der Waals surface area contributed by atoms with Crippen LogP contribution in [0.25, 0.3) is 0 Å². The van der Waals surface area contributed by atoms with Crippen molar-refractivity contribution >= 4 is 51.0 Å². The number of benzene rings is 3. The predicted octanol–water partition coefficient (Wildman–Crippen LogP) is 5.79. The molecule has 2 N–H and O–H groups in total. The lowest BCUT2D eigenvalue weighted by atomic mass is 9.88. The third-order valence-corrected chi connectivity index (χ3v) is 13.5. The van der Waals surface area contributed by atoms with Crippen LogP contribution < -0.4 is 20.1 Å². The monoisotopic (exact) mass is 883 g/mol. The molecule has 4 aliphatic rings. The van der Waals surface area contributed by atoms with Crippen LogP contribution in [0.4, 0.5) is 5.69 Å². The maximum atomic E-state index is 14.0. The van der Waals surface area contributed by atoms with E-state index in [2.05, 4.69) is 27.7 Å². The highest BCUT2D eigenvalue weighted by molar-refractivity contribution is 7.90. The number of likely N-dealkylation sites (tertiary alicyclic amines) is 1. The number of amides is 6. The van der Waals surface area contributed by atoms with Gasteiger partial charge in [-0.2, -0.15) is 0 Å². The van der Waals surface area contributed by atoms with E-state index in [-0.39, 0.29) is 47.4 Å². The van der Waals surface area contributed by atoms with Gasteiger partial charge in [-0.15, -0.1) is 0 Å². The van der Waals surface area contributed by atoms with E-state index in [1.807, 2.05) is 6.07 Å². The molecule has 3 aromatic rings. The van der Waals surface area contributed by atoms with Crippen LogP contribution in [0.3, 0.4) is 0 Å². The molecule has 4 heterocycles. The van der Waals surface area contributed by atoms with Crippen molar-refractivity contribution in [1.82, 2.24) is 20.0 Å². The number of nitrogens with zero attached hydrogens (tertiary/aromatic N) is 3. The third-order valence-electron chi connectivity index (χ3n) is 12.6. The summed E-state index contributed by atoms with van der Waals surface area (Å²) in [7, 11) is -2.19. The Hall–Kier alpha value is -5.61. The number of hydrogen-bond acceptors (Lipinski definition) is 11. The lowest BCUT2D eigenvalue weighted by Gasteiger charge is -2.32. The van der Waals surface area contributed by atoms with Crippen LogP contribution in [-0.4, -0.2) is 110 Å². The first-order chi connectivity index (χ1) is 30.3. The summed E-state index contributed by atoms with van der Waals surface area (Å²) in [6.45, 7) is 5.57. The van der Waals surface area contributed by atoms with Crippen LogP contribution in [0.2, 0.25) is 0 Å². The van der Waals surface area contributed by atoms with Gasteiger partial charge in [-0.3, -0.25) is 39.0 Å². The minimum atomic E-state index is -3.67. The Morgan fingerprint density at radius 1 is 0.857 bits per heavy atom. The van der Waals surface area contributed by atoms with E-state index in [0.29, 0.717) is 54.5 Å². The van der Waals surface area contributed by atoms with Crippen LogP contribution >= 0.6 is 0 Å². The second kappa shape index (κ2) is 19.8. The highest BCUT2D eigenvalue weighted by atomic mass is 32.2. The number of carbonyl (C=O) groups is 6. The number of unbranched alkanes of at least 4 members (excludes halogenated alkanes) is 5. The summed E-state index contributed by atoms with van der Waals surface area (Å²) >= 11 is 0. The highest BCUT2D eigenvalue weighted by Gasteiger charge is 2.44. The fraction of sp³-hybridized carbons (Fsp3) is 0.489. The number of nitrogens with one attached hydrogen (secondary N) is 2. The van der Waals surface area contributed by atoms with Gasteiger partial charge in [-0.1, -0.05) is 49.9 Å². The van der Waals surface area contributed by atoms with E-state index in [1.165, 1.54) is 18.7 Å². The number of hydrogen-bond donors (Lipinski definition) is 2. The number of imide groups is 2. The predicted molar refractivity (Wildman–Crippen MR) is 235 cm³/mol. The molecule has 3 aromatic carbocycles. The molecule has 4 aliphatic heterocycles. The number of ether oxygens (including phenoxy) is 2. The summed E-state index contributed by atoms with van der Waals surface area (Å²) in [5.41, 5.74) is 3.58. The molecule has 0 aliphatic carbocycles. The number of fused-ring (bicyclic) bond motifs is 2. The second-order valence-electron chi connectivity index (χ2n) is 17.0. The Balaban J connectivity index is 0.822. The SMILES string of the molecule is CCOc1cc([C@@H](CS(C)(=O)=O)N2C(=O)c3cccc(NC(=O)CCCCCCCCN4CCC(c5ccc6c(c5)CN(C5CCC(=O)NC5=O)C6=O)CC4)c3C2=O)ccc1OC. The third kappa shape index (κ3) is 10.4. The summed E-state index contributed by atoms with van der Waals surface area (Å²) in [5, 5.41) is 5.20. The van der Waals surface area contributed by atoms with Gasteiger partial charge >= 0.3 is 0 Å². The minimum absolute atomic E-state index is 0.0399. The van der Waals surface area contributed by atoms with E-state index in [0.717, 1.165) is 81.3 Å². The van der Waals surface area contributed by atoms with Crippen molar-refractivity contribution in [3.63, 3.8) is 0 Å². The normalized spacial score (nSPS) is 18.7. The fourth-order valence-corrected chi connectivity index (χ4v) is 10.3. The van der Waals surface area contributed by atoms with Crippen molar-refractivity contribution < 1.29 is 46.7 Å². The van der Waals surface area contributed by atoms with Crippen LogP contribution in [-0.2, 0) is 30.8 Å². The van der Waals surface area contributed by atoms with E-state index in [9.17, 15) is 37.2 Å². The van der Waals surface area contributed by atoms with Crippen LogP contribution in [0.1, 0.15) is 137 Å². The molecule has 63 heavy (non-hydrogen) atoms. The van der Waals surface area contributed by atoms with Gasteiger partial charge in [0.2, 0.25) is 17.7 Å². The number of sulfone groups is 1. The maximum absolute atomic E-state index is 14.0. The number of anilines is 1. The van der Waals surface area contributed by atoms with Crippen molar-refractivity contribution in [1.29, 1.82) is 0 Å². The number of methoxy groups -OCH3 is 1. The zero-order valence-corrected chi connectivity index (χ0v) is 37.1. The lowest BCUT2D eigenvalue weighted by molar-refractivity contribution is -0.137. The van der Waals surface area contributed by atoms with Gasteiger partial charge in [0.05, 0.1) is 42.3 Å². The van der Waals surface area contributed by atoms with Crippen molar-refractivity contribution in [2.24, 2.45) is 0 Å². The number of carbonyl (C=O) groups excluding carboxylic acids is 6. The van der Waals surface area contributed by atoms with Gasteiger partial charge in [-0.05, 0) is 112 Å². The fourth-order valence-electron chi connectivity index (χ4n) is 9.35. The Morgan fingerprint density at radius 3 is 2.32 bits per heavy atom. The minimum Gasteiger partial charge on any atom is -0.493 e. The molecule has 1 unspecified atom stereocenters. The van der Waals surface area contributed by atoms with Crippen molar-refractivity contribution in [3.8, 4) is 11.5 Å². The molecule has 16 heteroatoms. The average Bonchev–Trinajstić information content (AvgIpc) is 3.72. The first-order valence-corrected chi connectivity index (χ1v) is 24.1. The van der Waals surface area contributed by atoms with Crippen molar-refractivity contribution in [2.75, 3.05) is 50.7 Å². The van der Waals surface area contributed by atoms with E-state index < -0.39 is 45.4 Å². The summed E-state index contributed by atoms with van der Waals surface area (Å²) in [6, 6.07) is 13.8. The van der Waals surface area contributed by atoms with E-state index >= 15 is 0 Å². The van der Waals surface area contributed by atoms with Crippen LogP contribution in [0.5, 0.6) is 11.5 Å². The highest BCUT2D eigenvalue weighted by Crippen LogP contribution is 2.39. The topological polar surface area (TPSA) is 189 Å². The molecule has 0 radical (unpaired) electrons. The van der Waals surface area contributed by atoms with Crippen LogP contribution in [0, 0.1) is 0 Å². The number of rotatable bonds is 19. The van der Waals surface area contributed by atoms with Crippen LogP contribution in [0.15, 0.2) is 54.6 Å². The molecule has 2 fully saturated rings. The molecular formula is C47H57N5O10S. The summed E-state index contributed by atoms with van der Waals surface area (Å²) < 4.78 is 36.3. The Morgan fingerprint density at radius 2 is 1.60 bits per heavy atom. The summed E-state index contributed by atoms with van der Waals surface area (Å²) in [4.78, 5) is 83.1. The van der Waals surface area contributed by atoms with Gasteiger partial charge in [0.15, 0.2) is 11.5 Å². The standard InChI is InChI=1S/C47H57N5O10S/c1-4-62-40-27-32(16-19-39(40)61-2)38(29-63(3,59)60)52-46(57)35-12-11-13-36(43(35)47(52)58)48-41(53)14-9-7-5-6-8-10-23-50-24-21-30(22-25-50)31-15-17-34-33(26-31)28-51(45(34)56)37-18-20-42(54)49-44(37)55/h11-13,15-17,19,26-27,30,37-38H,4-10,14,18,20-25,28-29H2,1-3H3,(H,48,53)(H,49,54,55)/t37?,38-/m1/s1. The quantitative estimate of drug-likeness (QED) is 0.110. The van der Waals surface area contributed by atoms with Crippen molar-refractivity contribution in [3.05, 3.63) is 88.0 Å². The number of piperidine rings is 2. The molecule has 0 spiro atoms. The second-order valence-corrected chi connectivity index (χ2v) is 19.2. The van der Waals surface area contributed by atoms with Gasteiger partial charge in [0.1, 0.15) is 15.9 Å². The average molecular weight is 884 g/mol. The molecule has 7 rings (SSSR count). The largest absolute Gasteiger partial charge is 0.493 e. The summed E-state index contributed by atoms with van der Waals surface area (Å²) in [5.74, 6) is -1.73. The zero-order chi connectivity index (χ0) is 44.8. The van der Waals surface area contributed by atoms with Gasteiger partial charge < -0.3 is 24.6 Å².